The van der Waals surface area contributed by atoms with Crippen molar-refractivity contribution >= 4 is 11.6 Å². The van der Waals surface area contributed by atoms with Crippen LogP contribution in [0.25, 0.3) is 0 Å². The first-order valence-corrected chi connectivity index (χ1v) is 5.02. The molecule has 0 bridgehead atoms. The fourth-order valence-corrected chi connectivity index (χ4v) is 1.98. The van der Waals surface area contributed by atoms with E-state index >= 15 is 0 Å². The van der Waals surface area contributed by atoms with Crippen molar-refractivity contribution in [3.63, 3.8) is 0 Å². The van der Waals surface area contributed by atoms with Crippen LogP contribution >= 0.6 is 0 Å². The summed E-state index contributed by atoms with van der Waals surface area (Å²) in [5.41, 5.74) is 6.25. The summed E-state index contributed by atoms with van der Waals surface area (Å²) < 4.78 is 26.6. The SMILES string of the molecule is CN1C(=O)C(N)CCc2cc(F)cc(F)c21. The van der Waals surface area contributed by atoms with Gasteiger partial charge in [0.2, 0.25) is 5.91 Å². The molecule has 1 amide bonds. The summed E-state index contributed by atoms with van der Waals surface area (Å²) in [6.45, 7) is 0. The van der Waals surface area contributed by atoms with Gasteiger partial charge in [0.25, 0.3) is 0 Å². The Morgan fingerprint density at radius 3 is 2.81 bits per heavy atom. The highest BCUT2D eigenvalue weighted by Gasteiger charge is 2.27. The van der Waals surface area contributed by atoms with E-state index in [0.29, 0.717) is 18.4 Å². The lowest BCUT2D eigenvalue weighted by Crippen LogP contribution is -2.40. The maximum absolute atomic E-state index is 13.6. The normalized spacial score (nSPS) is 20.6. The smallest absolute Gasteiger partial charge is 0.243 e. The first kappa shape index (κ1) is 11.0. The maximum Gasteiger partial charge on any atom is 0.243 e. The van der Waals surface area contributed by atoms with Crippen LogP contribution in [0.2, 0.25) is 0 Å². The van der Waals surface area contributed by atoms with Crippen LogP contribution in [0.4, 0.5) is 14.5 Å². The van der Waals surface area contributed by atoms with Crippen molar-refractivity contribution in [2.24, 2.45) is 5.73 Å². The second-order valence-corrected chi connectivity index (χ2v) is 3.94. The number of amides is 1. The number of carbonyl (C=O) groups excluding carboxylic acids is 1. The average molecular weight is 226 g/mol. The molecule has 0 aromatic heterocycles. The standard InChI is InChI=1S/C11H12F2N2O/c1-15-10-6(2-3-9(14)11(15)16)4-7(12)5-8(10)13/h4-5,9H,2-3,14H2,1H3. The molecule has 5 heteroatoms. The van der Waals surface area contributed by atoms with Gasteiger partial charge in [-0.1, -0.05) is 0 Å². The lowest BCUT2D eigenvalue weighted by Gasteiger charge is -2.19. The summed E-state index contributed by atoms with van der Waals surface area (Å²) in [5.74, 6) is -1.70. The molecule has 0 radical (unpaired) electrons. The Labute approximate surface area is 91.8 Å². The molecule has 0 fully saturated rings. The summed E-state index contributed by atoms with van der Waals surface area (Å²) in [7, 11) is 1.45. The molecule has 1 heterocycles. The number of anilines is 1. The van der Waals surface area contributed by atoms with Crippen molar-refractivity contribution in [1.29, 1.82) is 0 Å². The van der Waals surface area contributed by atoms with Crippen molar-refractivity contribution in [3.8, 4) is 0 Å². The molecule has 1 unspecified atom stereocenters. The molecule has 16 heavy (non-hydrogen) atoms. The molecule has 2 N–H and O–H groups in total. The van der Waals surface area contributed by atoms with Gasteiger partial charge in [-0.3, -0.25) is 4.79 Å². The van der Waals surface area contributed by atoms with Crippen LogP contribution in [0.5, 0.6) is 0 Å². The summed E-state index contributed by atoms with van der Waals surface area (Å²) in [6.07, 6.45) is 0.806. The minimum Gasteiger partial charge on any atom is -0.320 e. The number of fused-ring (bicyclic) bond motifs is 1. The van der Waals surface area contributed by atoms with Crippen LogP contribution in [-0.2, 0) is 11.2 Å². The minimum absolute atomic E-state index is 0.138. The van der Waals surface area contributed by atoms with Crippen LogP contribution < -0.4 is 10.6 Å². The number of aryl methyl sites for hydroxylation is 1. The van der Waals surface area contributed by atoms with E-state index < -0.39 is 17.7 Å². The third kappa shape index (κ3) is 1.67. The predicted molar refractivity (Wildman–Crippen MR) is 56.1 cm³/mol. The van der Waals surface area contributed by atoms with E-state index in [-0.39, 0.29) is 11.6 Å². The zero-order valence-electron chi connectivity index (χ0n) is 8.84. The second-order valence-electron chi connectivity index (χ2n) is 3.94. The van der Waals surface area contributed by atoms with Gasteiger partial charge in [-0.05, 0) is 24.5 Å². The molecule has 1 aliphatic heterocycles. The summed E-state index contributed by atoms with van der Waals surface area (Å²) in [4.78, 5) is 12.9. The number of nitrogens with zero attached hydrogens (tertiary/aromatic N) is 1. The molecule has 1 aromatic rings. The molecule has 1 atom stereocenters. The summed E-state index contributed by atoms with van der Waals surface area (Å²) in [6, 6.07) is 1.37. The Hall–Kier alpha value is -1.49. The average Bonchev–Trinajstić information content (AvgIpc) is 2.31. The monoisotopic (exact) mass is 226 g/mol. The Bertz CT molecular complexity index is 448. The van der Waals surface area contributed by atoms with E-state index in [1.54, 1.807) is 0 Å². The Kier molecular flexibility index (Phi) is 2.63. The molecular formula is C11H12F2N2O. The molecule has 0 spiro atoms. The molecular weight excluding hydrogens is 214 g/mol. The molecule has 0 aliphatic carbocycles. The predicted octanol–water partition coefficient (Wildman–Crippen LogP) is 1.20. The topological polar surface area (TPSA) is 46.3 Å². The van der Waals surface area contributed by atoms with Crippen molar-refractivity contribution in [2.45, 2.75) is 18.9 Å². The number of rotatable bonds is 0. The van der Waals surface area contributed by atoms with Gasteiger partial charge in [0.05, 0.1) is 11.7 Å². The number of halogens is 2. The van der Waals surface area contributed by atoms with E-state index in [1.807, 2.05) is 0 Å². The van der Waals surface area contributed by atoms with Crippen LogP contribution in [0.3, 0.4) is 0 Å². The van der Waals surface area contributed by atoms with Gasteiger partial charge in [-0.2, -0.15) is 0 Å². The summed E-state index contributed by atoms with van der Waals surface area (Å²) in [5, 5.41) is 0. The first-order chi connectivity index (χ1) is 7.50. The molecule has 86 valence electrons. The highest BCUT2D eigenvalue weighted by atomic mass is 19.1. The van der Waals surface area contributed by atoms with Crippen molar-refractivity contribution in [2.75, 3.05) is 11.9 Å². The number of likely N-dealkylation sites (N-methyl/N-ethyl adjacent to an activating group) is 1. The minimum atomic E-state index is -0.722. The van der Waals surface area contributed by atoms with Gasteiger partial charge in [0, 0.05) is 13.1 Å². The van der Waals surface area contributed by atoms with Gasteiger partial charge < -0.3 is 10.6 Å². The van der Waals surface area contributed by atoms with Crippen molar-refractivity contribution in [3.05, 3.63) is 29.3 Å². The maximum atomic E-state index is 13.6. The molecule has 0 saturated heterocycles. The fourth-order valence-electron chi connectivity index (χ4n) is 1.98. The fraction of sp³-hybridized carbons (Fsp3) is 0.364. The number of nitrogens with two attached hydrogens (primary N) is 1. The molecule has 1 aliphatic rings. The second kappa shape index (κ2) is 3.83. The largest absolute Gasteiger partial charge is 0.320 e. The quantitative estimate of drug-likeness (QED) is 0.722. The Morgan fingerprint density at radius 1 is 1.44 bits per heavy atom. The zero-order chi connectivity index (χ0) is 11.9. The van der Waals surface area contributed by atoms with E-state index in [4.69, 9.17) is 5.73 Å². The Morgan fingerprint density at radius 2 is 2.12 bits per heavy atom. The lowest BCUT2D eigenvalue weighted by molar-refractivity contribution is -0.119. The van der Waals surface area contributed by atoms with Crippen LogP contribution in [0.15, 0.2) is 12.1 Å². The van der Waals surface area contributed by atoms with Crippen molar-refractivity contribution in [1.82, 2.24) is 0 Å². The van der Waals surface area contributed by atoms with Gasteiger partial charge in [0.15, 0.2) is 0 Å². The van der Waals surface area contributed by atoms with Crippen molar-refractivity contribution < 1.29 is 13.6 Å². The number of hydrogen-bond donors (Lipinski definition) is 1. The molecule has 2 rings (SSSR count). The van der Waals surface area contributed by atoms with E-state index in [9.17, 15) is 13.6 Å². The first-order valence-electron chi connectivity index (χ1n) is 5.02. The highest BCUT2D eigenvalue weighted by molar-refractivity contribution is 5.98. The van der Waals surface area contributed by atoms with Gasteiger partial charge >= 0.3 is 0 Å². The number of hydrogen-bond acceptors (Lipinski definition) is 2. The van der Waals surface area contributed by atoms with Crippen LogP contribution in [0.1, 0.15) is 12.0 Å². The van der Waals surface area contributed by atoms with Crippen LogP contribution in [0, 0.1) is 11.6 Å². The zero-order valence-corrected chi connectivity index (χ0v) is 8.84. The lowest BCUT2D eigenvalue weighted by atomic mass is 10.1. The van der Waals surface area contributed by atoms with E-state index in [1.165, 1.54) is 18.0 Å². The van der Waals surface area contributed by atoms with E-state index in [0.717, 1.165) is 6.07 Å². The molecule has 1 aromatic carbocycles. The number of benzene rings is 1. The highest BCUT2D eigenvalue weighted by Crippen LogP contribution is 2.29. The third-order valence-electron chi connectivity index (χ3n) is 2.81. The number of carbonyl (C=O) groups is 1. The summed E-state index contributed by atoms with van der Waals surface area (Å²) >= 11 is 0. The third-order valence-corrected chi connectivity index (χ3v) is 2.81. The Balaban J connectivity index is 2.57. The van der Waals surface area contributed by atoms with E-state index in [2.05, 4.69) is 0 Å². The van der Waals surface area contributed by atoms with Crippen LogP contribution in [-0.4, -0.2) is 19.0 Å². The molecule has 0 saturated carbocycles. The molecule has 3 nitrogen and oxygen atoms in total. The van der Waals surface area contributed by atoms with Gasteiger partial charge in [0.1, 0.15) is 11.6 Å². The van der Waals surface area contributed by atoms with Gasteiger partial charge in [-0.25, -0.2) is 8.78 Å². The van der Waals surface area contributed by atoms with Gasteiger partial charge in [-0.15, -0.1) is 0 Å².